The summed E-state index contributed by atoms with van der Waals surface area (Å²) in [6, 6.07) is 16.5. The number of hydrogen-bond donors (Lipinski definition) is 1. The van der Waals surface area contributed by atoms with Crippen LogP contribution < -0.4 is 5.32 Å². The first kappa shape index (κ1) is 20.6. The molecular weight excluding hydrogens is 413 g/mol. The molecule has 0 unspecified atom stereocenters. The number of nitrogens with zero attached hydrogens (tertiary/aromatic N) is 2. The van der Waals surface area contributed by atoms with E-state index in [1.807, 2.05) is 35.7 Å². The summed E-state index contributed by atoms with van der Waals surface area (Å²) in [6.45, 7) is 0. The summed E-state index contributed by atoms with van der Waals surface area (Å²) < 4.78 is 13.0. The number of halogens is 1. The van der Waals surface area contributed by atoms with Crippen LogP contribution in [0.4, 0.5) is 10.1 Å². The average molecular weight is 431 g/mol. The van der Waals surface area contributed by atoms with Crippen molar-refractivity contribution in [1.29, 1.82) is 0 Å². The largest absolute Gasteiger partial charge is 0.326 e. The molecule has 0 saturated heterocycles. The number of nitrogens with one attached hydrogen (secondary N) is 1. The highest BCUT2D eigenvalue weighted by Crippen LogP contribution is 2.29. The minimum absolute atomic E-state index is 0.0439. The van der Waals surface area contributed by atoms with Gasteiger partial charge in [0.2, 0.25) is 5.91 Å². The number of amides is 1. The molecule has 1 N–H and O–H groups in total. The zero-order chi connectivity index (χ0) is 21.6. The maximum absolute atomic E-state index is 13.0. The van der Waals surface area contributed by atoms with Crippen LogP contribution in [0, 0.1) is 5.82 Å². The van der Waals surface area contributed by atoms with Crippen LogP contribution >= 0.6 is 11.3 Å². The van der Waals surface area contributed by atoms with Crippen LogP contribution in [0.3, 0.4) is 0 Å². The van der Waals surface area contributed by atoms with Crippen LogP contribution in [-0.4, -0.2) is 21.7 Å². The van der Waals surface area contributed by atoms with E-state index < -0.39 is 5.82 Å². The fourth-order valence-corrected chi connectivity index (χ4v) is 3.84. The zero-order valence-corrected chi connectivity index (χ0v) is 17.2. The van der Waals surface area contributed by atoms with E-state index in [0.717, 1.165) is 21.8 Å². The molecule has 2 aromatic heterocycles. The number of carbonyl (C=O) groups excluding carboxylic acids is 2. The van der Waals surface area contributed by atoms with Crippen molar-refractivity contribution in [2.24, 2.45) is 0 Å². The maximum Gasteiger partial charge on any atom is 0.224 e. The molecule has 0 fully saturated rings. The Labute approximate surface area is 182 Å². The predicted molar refractivity (Wildman–Crippen MR) is 119 cm³/mol. The summed E-state index contributed by atoms with van der Waals surface area (Å²) in [6.07, 6.45) is 3.59. The van der Waals surface area contributed by atoms with Crippen molar-refractivity contribution in [3.63, 3.8) is 0 Å². The third-order valence-corrected chi connectivity index (χ3v) is 5.49. The lowest BCUT2D eigenvalue weighted by Crippen LogP contribution is -2.13. The van der Waals surface area contributed by atoms with Gasteiger partial charge in [0.25, 0.3) is 0 Å². The Balaban J connectivity index is 1.38. The second-order valence-corrected chi connectivity index (χ2v) is 7.70. The van der Waals surface area contributed by atoms with Crippen LogP contribution in [-0.2, 0) is 4.79 Å². The summed E-state index contributed by atoms with van der Waals surface area (Å²) in [4.78, 5) is 33.2. The normalized spacial score (nSPS) is 10.6. The number of benzene rings is 2. The van der Waals surface area contributed by atoms with Crippen molar-refractivity contribution in [3.8, 4) is 21.8 Å². The molecule has 4 rings (SSSR count). The minimum Gasteiger partial charge on any atom is -0.326 e. The summed E-state index contributed by atoms with van der Waals surface area (Å²) in [5.74, 6) is -0.863. The van der Waals surface area contributed by atoms with Gasteiger partial charge in [-0.25, -0.2) is 9.37 Å². The Bertz CT molecular complexity index is 1210. The Morgan fingerprint density at radius 3 is 2.55 bits per heavy atom. The minimum atomic E-state index is -0.401. The summed E-state index contributed by atoms with van der Waals surface area (Å²) >= 11 is 1.53. The van der Waals surface area contributed by atoms with Crippen molar-refractivity contribution >= 4 is 28.7 Å². The molecule has 0 radical (unpaired) electrons. The van der Waals surface area contributed by atoms with E-state index in [2.05, 4.69) is 15.3 Å². The van der Waals surface area contributed by atoms with Gasteiger partial charge in [-0.2, -0.15) is 0 Å². The maximum atomic E-state index is 13.0. The number of anilines is 1. The van der Waals surface area contributed by atoms with E-state index in [1.54, 1.807) is 18.5 Å². The number of Topliss-reactive ketones (excluding diaryl/α,β-unsaturated/α-hetero) is 1. The summed E-state index contributed by atoms with van der Waals surface area (Å²) in [5, 5.41) is 5.66. The SMILES string of the molecule is O=C(CCC(=O)c1ccc(F)cc1)Nc1cccc(-c2csc(-c3cccnc3)n2)c1. The van der Waals surface area contributed by atoms with E-state index in [1.165, 1.54) is 35.6 Å². The molecule has 4 aromatic rings. The van der Waals surface area contributed by atoms with E-state index >= 15 is 0 Å². The molecule has 0 spiro atoms. The Kier molecular flexibility index (Phi) is 6.24. The smallest absolute Gasteiger partial charge is 0.224 e. The molecule has 0 bridgehead atoms. The van der Waals surface area contributed by atoms with Gasteiger partial charge in [-0.15, -0.1) is 11.3 Å². The summed E-state index contributed by atoms with van der Waals surface area (Å²) in [5.41, 5.74) is 3.67. The lowest BCUT2D eigenvalue weighted by atomic mass is 10.1. The van der Waals surface area contributed by atoms with Gasteiger partial charge in [0.15, 0.2) is 5.78 Å². The number of rotatable bonds is 7. The zero-order valence-electron chi connectivity index (χ0n) is 16.4. The predicted octanol–water partition coefficient (Wildman–Crippen LogP) is 5.61. The molecule has 154 valence electrons. The number of carbonyl (C=O) groups is 2. The Hall–Kier alpha value is -3.71. The van der Waals surface area contributed by atoms with Crippen molar-refractivity contribution in [3.05, 3.63) is 89.8 Å². The van der Waals surface area contributed by atoms with Crippen molar-refractivity contribution in [2.45, 2.75) is 12.8 Å². The van der Waals surface area contributed by atoms with Gasteiger partial charge < -0.3 is 5.32 Å². The van der Waals surface area contributed by atoms with Crippen molar-refractivity contribution in [2.75, 3.05) is 5.32 Å². The number of thiazole rings is 1. The number of pyridine rings is 1. The molecule has 31 heavy (non-hydrogen) atoms. The van der Waals surface area contributed by atoms with E-state index in [9.17, 15) is 14.0 Å². The van der Waals surface area contributed by atoms with Crippen LogP contribution in [0.5, 0.6) is 0 Å². The molecule has 0 atom stereocenters. The number of ketones is 1. The van der Waals surface area contributed by atoms with Crippen LogP contribution in [0.25, 0.3) is 21.8 Å². The van der Waals surface area contributed by atoms with Gasteiger partial charge in [-0.05, 0) is 48.5 Å². The standard InChI is InChI=1S/C24H18FN3O2S/c25-19-8-6-16(7-9-19)22(29)10-11-23(30)27-20-5-1-3-17(13-20)21-15-31-24(28-21)18-4-2-12-26-14-18/h1-9,12-15H,10-11H2,(H,27,30). The molecule has 2 heterocycles. The molecule has 0 aliphatic carbocycles. The van der Waals surface area contributed by atoms with E-state index in [-0.39, 0.29) is 24.5 Å². The highest BCUT2D eigenvalue weighted by atomic mass is 32.1. The van der Waals surface area contributed by atoms with Gasteiger partial charge in [-0.3, -0.25) is 14.6 Å². The van der Waals surface area contributed by atoms with Gasteiger partial charge in [-0.1, -0.05) is 12.1 Å². The van der Waals surface area contributed by atoms with Crippen LogP contribution in [0.15, 0.2) is 78.4 Å². The first-order chi connectivity index (χ1) is 15.1. The molecule has 0 aliphatic rings. The Morgan fingerprint density at radius 2 is 1.77 bits per heavy atom. The van der Waals surface area contributed by atoms with Gasteiger partial charge in [0.1, 0.15) is 10.8 Å². The number of aromatic nitrogens is 2. The highest BCUT2D eigenvalue weighted by Gasteiger charge is 2.11. The van der Waals surface area contributed by atoms with Crippen LogP contribution in [0.1, 0.15) is 23.2 Å². The van der Waals surface area contributed by atoms with Crippen molar-refractivity contribution < 1.29 is 14.0 Å². The monoisotopic (exact) mass is 431 g/mol. The van der Waals surface area contributed by atoms with E-state index in [4.69, 9.17) is 0 Å². The first-order valence-corrected chi connectivity index (χ1v) is 10.5. The first-order valence-electron chi connectivity index (χ1n) is 9.63. The topological polar surface area (TPSA) is 72.0 Å². The molecule has 0 aliphatic heterocycles. The second-order valence-electron chi connectivity index (χ2n) is 6.84. The average Bonchev–Trinajstić information content (AvgIpc) is 3.29. The van der Waals surface area contributed by atoms with Crippen LogP contribution in [0.2, 0.25) is 0 Å². The van der Waals surface area contributed by atoms with E-state index in [0.29, 0.717) is 11.3 Å². The third kappa shape index (κ3) is 5.26. The Morgan fingerprint density at radius 1 is 0.968 bits per heavy atom. The third-order valence-electron chi connectivity index (χ3n) is 4.60. The molecule has 1 amide bonds. The fourth-order valence-electron chi connectivity index (χ4n) is 3.02. The van der Waals surface area contributed by atoms with Gasteiger partial charge in [0.05, 0.1) is 5.69 Å². The number of hydrogen-bond acceptors (Lipinski definition) is 5. The quantitative estimate of drug-likeness (QED) is 0.386. The molecule has 2 aromatic carbocycles. The summed E-state index contributed by atoms with van der Waals surface area (Å²) in [7, 11) is 0. The highest BCUT2D eigenvalue weighted by molar-refractivity contribution is 7.13. The molecule has 5 nitrogen and oxygen atoms in total. The molecular formula is C24H18FN3O2S. The second kappa shape index (κ2) is 9.40. The van der Waals surface area contributed by atoms with Crippen molar-refractivity contribution in [1.82, 2.24) is 9.97 Å². The lowest BCUT2D eigenvalue weighted by Gasteiger charge is -2.07. The lowest BCUT2D eigenvalue weighted by molar-refractivity contribution is -0.116. The fraction of sp³-hybridized carbons (Fsp3) is 0.0833. The van der Waals surface area contributed by atoms with Gasteiger partial charge in [0, 0.05) is 53.0 Å². The van der Waals surface area contributed by atoms with Gasteiger partial charge >= 0.3 is 0 Å². The molecule has 7 heteroatoms. The molecule has 0 saturated carbocycles.